The molecule has 82 valence electrons. The Morgan fingerprint density at radius 3 is 2.53 bits per heavy atom. The molecular formula is C10H13NO4. The van der Waals surface area contributed by atoms with Gasteiger partial charge in [0, 0.05) is 13.1 Å². The highest BCUT2D eigenvalue weighted by molar-refractivity contribution is 5.78. The predicted molar refractivity (Wildman–Crippen MR) is 55.3 cm³/mol. The summed E-state index contributed by atoms with van der Waals surface area (Å²) in [5, 5.41) is 27.5. The second kappa shape index (κ2) is 4.08. The van der Waals surface area contributed by atoms with Gasteiger partial charge < -0.3 is 20.2 Å². The first-order chi connectivity index (χ1) is 6.93. The normalized spacial score (nSPS) is 12.1. The summed E-state index contributed by atoms with van der Waals surface area (Å²) in [6.07, 6.45) is 0. The van der Waals surface area contributed by atoms with Crippen molar-refractivity contribution in [3.05, 3.63) is 18.2 Å². The lowest BCUT2D eigenvalue weighted by Crippen LogP contribution is -2.35. The van der Waals surface area contributed by atoms with Gasteiger partial charge in [-0.3, -0.25) is 0 Å². The van der Waals surface area contributed by atoms with Gasteiger partial charge >= 0.3 is 5.97 Å². The summed E-state index contributed by atoms with van der Waals surface area (Å²) in [6, 6.07) is 3.18. The molecule has 0 aliphatic rings. The number of carbonyl (C=O) groups is 1. The van der Waals surface area contributed by atoms with Crippen molar-refractivity contribution < 1.29 is 20.1 Å². The van der Waals surface area contributed by atoms with Gasteiger partial charge in [0.05, 0.1) is 5.69 Å². The lowest BCUT2D eigenvalue weighted by Gasteiger charge is -2.24. The Kier molecular flexibility index (Phi) is 3.04. The second-order valence-electron chi connectivity index (χ2n) is 3.30. The Labute approximate surface area is 87.2 Å². The second-order valence-corrected chi connectivity index (χ2v) is 3.30. The van der Waals surface area contributed by atoms with Gasteiger partial charge in [-0.1, -0.05) is 0 Å². The topological polar surface area (TPSA) is 81.0 Å². The number of carboxylic acids is 1. The maximum absolute atomic E-state index is 10.7. The number of likely N-dealkylation sites (N-methyl/N-ethyl adjacent to an activating group) is 1. The molecule has 0 aromatic heterocycles. The maximum Gasteiger partial charge on any atom is 0.326 e. The predicted octanol–water partition coefficient (Wildman–Crippen LogP) is 1.01. The summed E-state index contributed by atoms with van der Waals surface area (Å²) in [4.78, 5) is 12.1. The van der Waals surface area contributed by atoms with Gasteiger partial charge in [-0.25, -0.2) is 4.79 Å². The van der Waals surface area contributed by atoms with E-state index in [2.05, 4.69) is 0 Å². The van der Waals surface area contributed by atoms with E-state index < -0.39 is 12.0 Å². The van der Waals surface area contributed by atoms with Crippen LogP contribution in [0.15, 0.2) is 18.2 Å². The van der Waals surface area contributed by atoms with Gasteiger partial charge in [0.15, 0.2) is 0 Å². The smallest absolute Gasteiger partial charge is 0.326 e. The Balaban J connectivity index is 3.04. The number of aliphatic carboxylic acids is 1. The van der Waals surface area contributed by atoms with Crippen LogP contribution in [0.3, 0.4) is 0 Å². The van der Waals surface area contributed by atoms with Crippen molar-refractivity contribution in [1.82, 2.24) is 0 Å². The summed E-state index contributed by atoms with van der Waals surface area (Å²) in [5.41, 5.74) is 0.282. The minimum Gasteiger partial charge on any atom is -0.508 e. The number of rotatable bonds is 3. The zero-order valence-corrected chi connectivity index (χ0v) is 8.51. The molecule has 0 saturated carbocycles. The van der Waals surface area contributed by atoms with Crippen LogP contribution in [0.5, 0.6) is 11.5 Å². The van der Waals surface area contributed by atoms with Crippen LogP contribution < -0.4 is 4.90 Å². The summed E-state index contributed by atoms with van der Waals surface area (Å²) in [5.74, 6) is -1.09. The molecule has 0 unspecified atom stereocenters. The first-order valence-electron chi connectivity index (χ1n) is 4.41. The minimum atomic E-state index is -1.000. The fourth-order valence-electron chi connectivity index (χ4n) is 1.17. The van der Waals surface area contributed by atoms with Gasteiger partial charge in [0.25, 0.3) is 0 Å². The summed E-state index contributed by atoms with van der Waals surface area (Å²) in [6.45, 7) is 1.49. The van der Waals surface area contributed by atoms with E-state index in [0.29, 0.717) is 0 Å². The van der Waals surface area contributed by atoms with Crippen LogP contribution in [0, 0.1) is 0 Å². The summed E-state index contributed by atoms with van der Waals surface area (Å²) in [7, 11) is 1.54. The van der Waals surface area contributed by atoms with E-state index >= 15 is 0 Å². The highest BCUT2D eigenvalue weighted by atomic mass is 16.4. The maximum atomic E-state index is 10.7. The molecule has 0 heterocycles. The average Bonchev–Trinajstić information content (AvgIpc) is 2.19. The molecule has 1 atom stereocenters. The highest BCUT2D eigenvalue weighted by Crippen LogP contribution is 2.31. The molecule has 3 N–H and O–H groups in total. The number of aromatic hydroxyl groups is 2. The van der Waals surface area contributed by atoms with Crippen molar-refractivity contribution >= 4 is 11.7 Å². The van der Waals surface area contributed by atoms with Crippen molar-refractivity contribution in [2.24, 2.45) is 0 Å². The Morgan fingerprint density at radius 2 is 2.00 bits per heavy atom. The van der Waals surface area contributed by atoms with E-state index in [0.717, 1.165) is 0 Å². The van der Waals surface area contributed by atoms with E-state index in [9.17, 15) is 15.0 Å². The van der Waals surface area contributed by atoms with Crippen molar-refractivity contribution in [2.45, 2.75) is 13.0 Å². The zero-order chi connectivity index (χ0) is 11.6. The van der Waals surface area contributed by atoms with E-state index in [1.165, 1.54) is 37.1 Å². The van der Waals surface area contributed by atoms with Crippen molar-refractivity contribution in [2.75, 3.05) is 11.9 Å². The van der Waals surface area contributed by atoms with Gasteiger partial charge in [0.1, 0.15) is 17.5 Å². The van der Waals surface area contributed by atoms with E-state index in [-0.39, 0.29) is 17.2 Å². The van der Waals surface area contributed by atoms with Crippen LogP contribution in [0.1, 0.15) is 6.92 Å². The molecule has 0 aliphatic carbocycles. The number of anilines is 1. The van der Waals surface area contributed by atoms with Crippen molar-refractivity contribution in [3.8, 4) is 11.5 Å². The van der Waals surface area contributed by atoms with Crippen LogP contribution in [0.25, 0.3) is 0 Å². The third kappa shape index (κ3) is 2.31. The van der Waals surface area contributed by atoms with E-state index in [4.69, 9.17) is 5.11 Å². The lowest BCUT2D eigenvalue weighted by atomic mass is 10.2. The minimum absolute atomic E-state index is 0.0211. The quantitative estimate of drug-likeness (QED) is 0.650. The largest absolute Gasteiger partial charge is 0.508 e. The van der Waals surface area contributed by atoms with E-state index in [1.807, 2.05) is 0 Å². The molecule has 0 radical (unpaired) electrons. The average molecular weight is 211 g/mol. The molecule has 5 heteroatoms. The van der Waals surface area contributed by atoms with Crippen LogP contribution in [0.2, 0.25) is 0 Å². The number of benzene rings is 1. The molecular weight excluding hydrogens is 198 g/mol. The van der Waals surface area contributed by atoms with Gasteiger partial charge in [-0.15, -0.1) is 0 Å². The zero-order valence-electron chi connectivity index (χ0n) is 8.51. The highest BCUT2D eigenvalue weighted by Gasteiger charge is 2.19. The fourth-order valence-corrected chi connectivity index (χ4v) is 1.17. The molecule has 0 saturated heterocycles. The Bertz CT molecular complexity index is 378. The number of phenols is 2. The monoisotopic (exact) mass is 211 g/mol. The molecule has 0 fully saturated rings. The van der Waals surface area contributed by atoms with Crippen molar-refractivity contribution in [1.29, 1.82) is 0 Å². The first-order valence-corrected chi connectivity index (χ1v) is 4.41. The number of nitrogens with zero attached hydrogens (tertiary/aromatic N) is 1. The Morgan fingerprint density at radius 1 is 1.40 bits per heavy atom. The van der Waals surface area contributed by atoms with Crippen LogP contribution in [-0.4, -0.2) is 34.4 Å². The molecule has 15 heavy (non-hydrogen) atoms. The van der Waals surface area contributed by atoms with Gasteiger partial charge in [-0.05, 0) is 19.1 Å². The standard InChI is InChI=1S/C10H13NO4/c1-6(10(14)15)11(2)8-5-7(12)3-4-9(8)13/h3-6,12-13H,1-2H3,(H,14,15)/t6-/m0/s1. The summed E-state index contributed by atoms with van der Waals surface area (Å²) >= 11 is 0. The fraction of sp³-hybridized carbons (Fsp3) is 0.300. The third-order valence-electron chi connectivity index (χ3n) is 2.28. The number of hydrogen-bond acceptors (Lipinski definition) is 4. The molecule has 0 bridgehead atoms. The van der Waals surface area contributed by atoms with Crippen LogP contribution >= 0.6 is 0 Å². The molecule has 1 aromatic rings. The Hall–Kier alpha value is -1.91. The van der Waals surface area contributed by atoms with Crippen LogP contribution in [-0.2, 0) is 4.79 Å². The molecule has 0 aliphatic heterocycles. The SMILES string of the molecule is C[C@@H](C(=O)O)N(C)c1cc(O)ccc1O. The molecule has 1 rings (SSSR count). The van der Waals surface area contributed by atoms with Crippen molar-refractivity contribution in [3.63, 3.8) is 0 Å². The van der Waals surface area contributed by atoms with Crippen LogP contribution in [0.4, 0.5) is 5.69 Å². The molecule has 5 nitrogen and oxygen atoms in total. The first kappa shape index (κ1) is 11.2. The molecule has 0 spiro atoms. The molecule has 1 aromatic carbocycles. The third-order valence-corrected chi connectivity index (χ3v) is 2.28. The van der Waals surface area contributed by atoms with Gasteiger partial charge in [-0.2, -0.15) is 0 Å². The van der Waals surface area contributed by atoms with Gasteiger partial charge in [0.2, 0.25) is 0 Å². The number of phenolic OH excluding ortho intramolecular Hbond substituents is 2. The lowest BCUT2D eigenvalue weighted by molar-refractivity contribution is -0.138. The number of carboxylic acid groups (broad SMARTS) is 1. The number of hydrogen-bond donors (Lipinski definition) is 3. The molecule has 0 amide bonds. The van der Waals surface area contributed by atoms with E-state index in [1.54, 1.807) is 0 Å². The summed E-state index contributed by atoms with van der Waals surface area (Å²) < 4.78 is 0.